The standard InChI is InChI=1S/C5H6N4O5/c6-3(13)8-5(2(11)12)1(10)7-4(14)9-5/h(H,11,12)(H3,6,8,13)(H2,7,9,10,14). The summed E-state index contributed by atoms with van der Waals surface area (Å²) < 4.78 is 0. The Labute approximate surface area is 76.6 Å². The van der Waals surface area contributed by atoms with Crippen LogP contribution in [-0.4, -0.2) is 34.7 Å². The minimum absolute atomic E-state index is 1.02. The maximum atomic E-state index is 11.0. The number of aliphatic carboxylic acids is 1. The van der Waals surface area contributed by atoms with Crippen molar-refractivity contribution in [3.05, 3.63) is 0 Å². The second kappa shape index (κ2) is 2.87. The first-order valence-electron chi connectivity index (χ1n) is 3.33. The van der Waals surface area contributed by atoms with Crippen molar-refractivity contribution in [2.75, 3.05) is 0 Å². The predicted molar refractivity (Wildman–Crippen MR) is 39.8 cm³/mol. The van der Waals surface area contributed by atoms with Gasteiger partial charge in [0, 0.05) is 0 Å². The Bertz CT molecular complexity index is 339. The van der Waals surface area contributed by atoms with E-state index in [1.54, 1.807) is 16.0 Å². The fraction of sp³-hybridized carbons (Fsp3) is 0.200. The van der Waals surface area contributed by atoms with Gasteiger partial charge in [-0.05, 0) is 0 Å². The molecule has 14 heavy (non-hydrogen) atoms. The number of amides is 5. The van der Waals surface area contributed by atoms with Crippen molar-refractivity contribution in [3.63, 3.8) is 0 Å². The van der Waals surface area contributed by atoms with E-state index >= 15 is 0 Å². The van der Waals surface area contributed by atoms with E-state index in [-0.39, 0.29) is 0 Å². The fourth-order valence-corrected chi connectivity index (χ4v) is 0.932. The lowest BCUT2D eigenvalue weighted by Crippen LogP contribution is -2.66. The van der Waals surface area contributed by atoms with Crippen molar-refractivity contribution in [1.82, 2.24) is 16.0 Å². The highest BCUT2D eigenvalue weighted by atomic mass is 16.4. The molecular weight excluding hydrogens is 196 g/mol. The van der Waals surface area contributed by atoms with Gasteiger partial charge in [-0.3, -0.25) is 20.7 Å². The molecule has 9 heteroatoms. The van der Waals surface area contributed by atoms with Gasteiger partial charge >= 0.3 is 18.0 Å². The van der Waals surface area contributed by atoms with Gasteiger partial charge in [-0.2, -0.15) is 0 Å². The van der Waals surface area contributed by atoms with E-state index in [1.807, 2.05) is 0 Å². The largest absolute Gasteiger partial charge is 0.478 e. The number of hydrogen-bond acceptors (Lipinski definition) is 4. The quantitative estimate of drug-likeness (QED) is 0.243. The van der Waals surface area contributed by atoms with Crippen molar-refractivity contribution in [2.45, 2.75) is 5.66 Å². The monoisotopic (exact) mass is 202 g/mol. The Kier molecular flexibility index (Phi) is 2.00. The number of nitrogens with two attached hydrogens (primary N) is 1. The third-order valence-corrected chi connectivity index (χ3v) is 1.50. The molecule has 0 spiro atoms. The maximum absolute atomic E-state index is 11.0. The molecule has 1 heterocycles. The summed E-state index contributed by atoms with van der Waals surface area (Å²) in [5, 5.41) is 13.7. The summed E-state index contributed by atoms with van der Waals surface area (Å²) in [5.74, 6) is -2.94. The first kappa shape index (κ1) is 9.77. The number of primary amides is 1. The zero-order valence-electron chi connectivity index (χ0n) is 6.66. The van der Waals surface area contributed by atoms with E-state index in [9.17, 15) is 19.2 Å². The van der Waals surface area contributed by atoms with E-state index in [0.29, 0.717) is 0 Å². The lowest BCUT2D eigenvalue weighted by Gasteiger charge is -2.20. The molecule has 1 aliphatic rings. The molecule has 1 fully saturated rings. The molecule has 0 aromatic rings. The highest BCUT2D eigenvalue weighted by Crippen LogP contribution is 2.06. The summed E-state index contributed by atoms with van der Waals surface area (Å²) in [7, 11) is 0. The van der Waals surface area contributed by atoms with E-state index in [0.717, 1.165) is 0 Å². The highest BCUT2D eigenvalue weighted by Gasteiger charge is 2.54. The van der Waals surface area contributed by atoms with Crippen LogP contribution in [0, 0.1) is 0 Å². The predicted octanol–water partition coefficient (Wildman–Crippen LogP) is -2.72. The van der Waals surface area contributed by atoms with Crippen LogP contribution in [0.25, 0.3) is 0 Å². The Morgan fingerprint density at radius 2 is 2.00 bits per heavy atom. The van der Waals surface area contributed by atoms with E-state index in [1.165, 1.54) is 0 Å². The first-order chi connectivity index (χ1) is 6.38. The zero-order chi connectivity index (χ0) is 10.9. The Morgan fingerprint density at radius 1 is 1.43 bits per heavy atom. The molecule has 6 N–H and O–H groups in total. The Balaban J connectivity index is 3.05. The second-order valence-electron chi connectivity index (χ2n) is 2.45. The van der Waals surface area contributed by atoms with Crippen LogP contribution in [0.15, 0.2) is 0 Å². The Morgan fingerprint density at radius 3 is 2.29 bits per heavy atom. The number of carboxylic acid groups (broad SMARTS) is 1. The number of hydrogen-bond donors (Lipinski definition) is 5. The van der Waals surface area contributed by atoms with Crippen LogP contribution in [0.2, 0.25) is 0 Å². The SMILES string of the molecule is NC(=O)NC1(C(=O)O)NC(=O)NC1=O. The van der Waals surface area contributed by atoms with Crippen LogP contribution < -0.4 is 21.7 Å². The molecule has 0 saturated carbocycles. The number of urea groups is 2. The molecule has 1 atom stereocenters. The average molecular weight is 202 g/mol. The number of imide groups is 1. The lowest BCUT2D eigenvalue weighted by atomic mass is 10.2. The van der Waals surface area contributed by atoms with Crippen molar-refractivity contribution in [2.24, 2.45) is 5.73 Å². The minimum atomic E-state index is -2.51. The van der Waals surface area contributed by atoms with Gasteiger partial charge in [-0.1, -0.05) is 0 Å². The normalized spacial score (nSPS) is 25.1. The van der Waals surface area contributed by atoms with Crippen LogP contribution in [0.3, 0.4) is 0 Å². The van der Waals surface area contributed by atoms with Crippen molar-refractivity contribution >= 4 is 23.9 Å². The van der Waals surface area contributed by atoms with Gasteiger partial charge < -0.3 is 10.8 Å². The molecule has 5 amide bonds. The molecule has 9 nitrogen and oxygen atoms in total. The molecule has 0 aromatic heterocycles. The Hall–Kier alpha value is -2.32. The summed E-state index contributed by atoms with van der Waals surface area (Å²) in [5.41, 5.74) is 2.15. The molecule has 76 valence electrons. The van der Waals surface area contributed by atoms with Crippen LogP contribution in [0.5, 0.6) is 0 Å². The fourth-order valence-electron chi connectivity index (χ4n) is 0.932. The summed E-state index contributed by atoms with van der Waals surface area (Å²) in [6, 6.07) is -2.27. The lowest BCUT2D eigenvalue weighted by molar-refractivity contribution is -0.149. The second-order valence-corrected chi connectivity index (χ2v) is 2.45. The van der Waals surface area contributed by atoms with Crippen molar-refractivity contribution < 1.29 is 24.3 Å². The minimum Gasteiger partial charge on any atom is -0.478 e. The van der Waals surface area contributed by atoms with Gasteiger partial charge in [0.25, 0.3) is 11.6 Å². The summed E-state index contributed by atoms with van der Waals surface area (Å²) in [6.45, 7) is 0. The molecule has 0 radical (unpaired) electrons. The highest BCUT2D eigenvalue weighted by molar-refractivity contribution is 6.19. The zero-order valence-corrected chi connectivity index (χ0v) is 6.66. The van der Waals surface area contributed by atoms with Crippen molar-refractivity contribution in [1.29, 1.82) is 0 Å². The summed E-state index contributed by atoms with van der Waals surface area (Å²) >= 11 is 0. The van der Waals surface area contributed by atoms with Gasteiger partial charge in [0.1, 0.15) is 0 Å². The van der Waals surface area contributed by atoms with E-state index in [2.05, 4.69) is 5.73 Å². The number of carbonyl (C=O) groups is 4. The number of nitrogens with one attached hydrogen (secondary N) is 3. The van der Waals surface area contributed by atoms with Gasteiger partial charge in [0.05, 0.1) is 0 Å². The number of carbonyl (C=O) groups excluding carboxylic acids is 3. The average Bonchev–Trinajstić information content (AvgIpc) is 2.26. The molecule has 0 bridgehead atoms. The van der Waals surface area contributed by atoms with E-state index < -0.39 is 29.6 Å². The molecule has 1 unspecified atom stereocenters. The number of rotatable bonds is 2. The molecule has 0 aliphatic carbocycles. The topological polar surface area (TPSA) is 151 Å². The van der Waals surface area contributed by atoms with Crippen LogP contribution in [0.4, 0.5) is 9.59 Å². The van der Waals surface area contributed by atoms with Crippen LogP contribution >= 0.6 is 0 Å². The third kappa shape index (κ3) is 1.30. The molecule has 1 rings (SSSR count). The van der Waals surface area contributed by atoms with Gasteiger partial charge in [-0.15, -0.1) is 0 Å². The van der Waals surface area contributed by atoms with Crippen LogP contribution in [-0.2, 0) is 9.59 Å². The van der Waals surface area contributed by atoms with Gasteiger partial charge in [0.2, 0.25) is 0 Å². The molecule has 1 aliphatic heterocycles. The molecular formula is C5H6N4O5. The third-order valence-electron chi connectivity index (χ3n) is 1.50. The maximum Gasteiger partial charge on any atom is 0.361 e. The van der Waals surface area contributed by atoms with Gasteiger partial charge in [0.15, 0.2) is 0 Å². The van der Waals surface area contributed by atoms with E-state index in [4.69, 9.17) is 5.11 Å². The van der Waals surface area contributed by atoms with Gasteiger partial charge in [-0.25, -0.2) is 14.4 Å². The smallest absolute Gasteiger partial charge is 0.361 e. The summed E-state index contributed by atoms with van der Waals surface area (Å²) in [4.78, 5) is 42.8. The van der Waals surface area contributed by atoms with Crippen molar-refractivity contribution in [3.8, 4) is 0 Å². The summed E-state index contributed by atoms with van der Waals surface area (Å²) in [6.07, 6.45) is 0. The molecule has 1 saturated heterocycles. The first-order valence-corrected chi connectivity index (χ1v) is 3.33. The molecule has 0 aromatic carbocycles. The number of carboxylic acids is 1. The van der Waals surface area contributed by atoms with Crippen LogP contribution in [0.1, 0.15) is 0 Å².